The SMILES string of the molecule is Cn1c(C(=O)Nc2cccc(-c3cccc(NC(=O)c4nc5c(n4C)CCN(CC4(C(=O)O)CC4)C5)c3Cl)c2Cl)nc2c1CCN(CCC13CCC(C(=O)O)(CC1)C3)C2. The molecule has 3 aliphatic carbocycles. The van der Waals surface area contributed by atoms with Crippen molar-refractivity contribution in [3.63, 3.8) is 0 Å². The van der Waals surface area contributed by atoms with E-state index < -0.39 is 34.6 Å². The molecule has 0 saturated heterocycles. The van der Waals surface area contributed by atoms with Crippen LogP contribution < -0.4 is 10.6 Å². The van der Waals surface area contributed by atoms with Gasteiger partial charge in [0.25, 0.3) is 11.8 Å². The van der Waals surface area contributed by atoms with Crippen LogP contribution in [0.25, 0.3) is 11.1 Å². The number of nitrogens with zero attached hydrogens (tertiary/aromatic N) is 6. The van der Waals surface area contributed by atoms with Gasteiger partial charge in [0, 0.05) is 82.2 Å². The van der Waals surface area contributed by atoms with Crippen molar-refractivity contribution in [2.75, 3.05) is 36.8 Å². The van der Waals surface area contributed by atoms with Crippen molar-refractivity contribution in [3.8, 4) is 11.1 Å². The molecule has 5 aliphatic rings. The van der Waals surface area contributed by atoms with Gasteiger partial charge in [0.1, 0.15) is 0 Å². The molecule has 2 bridgehead atoms. The van der Waals surface area contributed by atoms with Gasteiger partial charge in [-0.15, -0.1) is 0 Å². The summed E-state index contributed by atoms with van der Waals surface area (Å²) in [4.78, 5) is 65.1. The maximum atomic E-state index is 13.8. The first kappa shape index (κ1) is 39.7. The van der Waals surface area contributed by atoms with Gasteiger partial charge in [-0.05, 0) is 75.5 Å². The molecule has 0 atom stereocenters. The number of rotatable bonds is 12. The highest BCUT2D eigenvalue weighted by atomic mass is 35.5. The number of benzene rings is 2. The summed E-state index contributed by atoms with van der Waals surface area (Å²) >= 11 is 13.9. The predicted octanol–water partition coefficient (Wildman–Crippen LogP) is 6.64. The quantitative estimate of drug-likeness (QED) is 0.121. The number of hydrogen-bond acceptors (Lipinski definition) is 8. The molecule has 2 aliphatic heterocycles. The standard InChI is InChI=1S/C43H48Cl2N8O6/c1-50-31-9-18-52(20-17-41-11-13-42(23-41,14-12-41)39(56)57)21-29(31)46-35(50)37(54)48-27-7-3-5-25(33(27)44)26-6-4-8-28(34(26)45)49-38(55)36-47-30-22-53(19-10-32(30)51(36)2)24-43(15-16-43)40(58)59/h3-8H,9-24H2,1-2H3,(H,48,54)(H,49,55)(H,56,57)(H,58,59). The molecule has 59 heavy (non-hydrogen) atoms. The van der Waals surface area contributed by atoms with Crippen molar-refractivity contribution in [3.05, 3.63) is 80.9 Å². The van der Waals surface area contributed by atoms with E-state index in [1.165, 1.54) is 0 Å². The first-order valence-electron chi connectivity index (χ1n) is 20.4. The molecule has 0 radical (unpaired) electrons. The van der Waals surface area contributed by atoms with E-state index in [0.717, 1.165) is 80.8 Å². The molecule has 2 aromatic heterocycles. The summed E-state index contributed by atoms with van der Waals surface area (Å²) in [6, 6.07) is 10.6. The monoisotopic (exact) mass is 842 g/mol. The third-order valence-electron chi connectivity index (χ3n) is 14.1. The average Bonchev–Trinajstić information content (AvgIpc) is 3.45. The molecule has 16 heteroatoms. The number of nitrogens with one attached hydrogen (secondary N) is 2. The van der Waals surface area contributed by atoms with Crippen molar-refractivity contribution < 1.29 is 29.4 Å². The molecule has 14 nitrogen and oxygen atoms in total. The topological polar surface area (TPSA) is 175 Å². The Morgan fingerprint density at radius 1 is 0.712 bits per heavy atom. The molecular weight excluding hydrogens is 795 g/mol. The summed E-state index contributed by atoms with van der Waals surface area (Å²) in [6.45, 7) is 4.01. The largest absolute Gasteiger partial charge is 0.481 e. The molecule has 2 aromatic carbocycles. The number of anilines is 2. The Labute approximate surface area is 351 Å². The normalized spacial score (nSPS) is 23.1. The van der Waals surface area contributed by atoms with Crippen LogP contribution in [0.3, 0.4) is 0 Å². The van der Waals surface area contributed by atoms with E-state index in [9.17, 15) is 29.4 Å². The van der Waals surface area contributed by atoms with Crippen molar-refractivity contribution in [2.24, 2.45) is 30.3 Å². The minimum Gasteiger partial charge on any atom is -0.481 e. The molecule has 3 fully saturated rings. The zero-order valence-electron chi connectivity index (χ0n) is 33.2. The molecule has 310 valence electrons. The van der Waals surface area contributed by atoms with E-state index >= 15 is 0 Å². The lowest BCUT2D eigenvalue weighted by Gasteiger charge is -2.32. The zero-order chi connectivity index (χ0) is 41.4. The fraction of sp³-hybridized carbons (Fsp3) is 0.488. The van der Waals surface area contributed by atoms with Crippen molar-refractivity contribution >= 4 is 58.3 Å². The highest BCUT2D eigenvalue weighted by molar-refractivity contribution is 6.40. The Hall–Kier alpha value is -4.76. The van der Waals surface area contributed by atoms with Crippen LogP contribution >= 0.6 is 23.2 Å². The lowest BCUT2D eigenvalue weighted by Crippen LogP contribution is -2.38. The summed E-state index contributed by atoms with van der Waals surface area (Å²) in [5.41, 5.74) is 4.42. The molecule has 0 spiro atoms. The number of carbonyl (C=O) groups is 4. The van der Waals surface area contributed by atoms with Crippen LogP contribution in [0.4, 0.5) is 11.4 Å². The smallest absolute Gasteiger partial charge is 0.310 e. The van der Waals surface area contributed by atoms with Gasteiger partial charge in [-0.3, -0.25) is 29.0 Å². The first-order valence-corrected chi connectivity index (χ1v) is 21.2. The lowest BCUT2D eigenvalue weighted by atomic mass is 9.80. The van der Waals surface area contributed by atoms with Crippen molar-refractivity contribution in [2.45, 2.75) is 77.3 Å². The molecule has 4 N–H and O–H groups in total. The van der Waals surface area contributed by atoms with Gasteiger partial charge < -0.3 is 30.0 Å². The van der Waals surface area contributed by atoms with E-state index in [-0.39, 0.29) is 27.1 Å². The second-order valence-corrected chi connectivity index (χ2v) is 18.4. The Bertz CT molecular complexity index is 2410. The minimum absolute atomic E-state index is 0.122. The van der Waals surface area contributed by atoms with Gasteiger partial charge in [-0.25, -0.2) is 9.97 Å². The van der Waals surface area contributed by atoms with Crippen LogP contribution in [0.2, 0.25) is 10.0 Å². The predicted molar refractivity (Wildman–Crippen MR) is 222 cm³/mol. The summed E-state index contributed by atoms with van der Waals surface area (Å²) in [5.74, 6) is -1.70. The minimum atomic E-state index is -0.755. The molecule has 0 unspecified atom stereocenters. The average molecular weight is 844 g/mol. The number of amides is 2. The highest BCUT2D eigenvalue weighted by Crippen LogP contribution is 2.63. The van der Waals surface area contributed by atoms with Crippen LogP contribution in [-0.2, 0) is 49.6 Å². The lowest BCUT2D eigenvalue weighted by molar-refractivity contribution is -0.148. The Morgan fingerprint density at radius 3 is 1.69 bits per heavy atom. The molecular formula is C43H48Cl2N8O6. The maximum Gasteiger partial charge on any atom is 0.310 e. The zero-order valence-corrected chi connectivity index (χ0v) is 34.8. The summed E-state index contributed by atoms with van der Waals surface area (Å²) in [7, 11) is 3.67. The number of carboxylic acids is 2. The van der Waals surface area contributed by atoms with Crippen LogP contribution in [0, 0.1) is 16.2 Å². The van der Waals surface area contributed by atoms with Gasteiger partial charge in [0.15, 0.2) is 11.6 Å². The van der Waals surface area contributed by atoms with Crippen LogP contribution in [0.15, 0.2) is 36.4 Å². The van der Waals surface area contributed by atoms with Gasteiger partial charge >= 0.3 is 11.9 Å². The number of carbonyl (C=O) groups excluding carboxylic acids is 2. The number of imidazole rings is 2. The van der Waals surface area contributed by atoms with E-state index in [1.54, 1.807) is 41.0 Å². The number of hydrogen-bond donors (Lipinski definition) is 4. The number of aliphatic carboxylic acids is 2. The van der Waals surface area contributed by atoms with Crippen LogP contribution in [0.5, 0.6) is 0 Å². The van der Waals surface area contributed by atoms with E-state index in [1.807, 2.05) is 18.7 Å². The highest BCUT2D eigenvalue weighted by Gasteiger charge is 2.58. The second-order valence-electron chi connectivity index (χ2n) is 17.6. The summed E-state index contributed by atoms with van der Waals surface area (Å²) in [6.07, 6.45) is 8.08. The fourth-order valence-corrected chi connectivity index (χ4v) is 10.8. The molecule has 4 heterocycles. The van der Waals surface area contributed by atoms with Gasteiger partial charge in [-0.1, -0.05) is 47.5 Å². The van der Waals surface area contributed by atoms with Crippen LogP contribution in [-0.4, -0.2) is 89.0 Å². The first-order chi connectivity index (χ1) is 28.2. The number of aromatic nitrogens is 4. The third-order valence-corrected chi connectivity index (χ3v) is 14.9. The van der Waals surface area contributed by atoms with Crippen molar-refractivity contribution in [1.29, 1.82) is 0 Å². The van der Waals surface area contributed by atoms with Gasteiger partial charge in [0.2, 0.25) is 0 Å². The van der Waals surface area contributed by atoms with Gasteiger partial charge in [-0.2, -0.15) is 0 Å². The molecule has 9 rings (SSSR count). The molecule has 4 aromatic rings. The van der Waals surface area contributed by atoms with E-state index in [4.69, 9.17) is 28.2 Å². The second kappa shape index (κ2) is 14.8. The summed E-state index contributed by atoms with van der Waals surface area (Å²) < 4.78 is 3.65. The summed E-state index contributed by atoms with van der Waals surface area (Å²) in [5, 5.41) is 25.9. The Morgan fingerprint density at radius 2 is 1.22 bits per heavy atom. The fourth-order valence-electron chi connectivity index (χ4n) is 10.3. The Balaban J connectivity index is 0.860. The third kappa shape index (κ3) is 7.01. The van der Waals surface area contributed by atoms with Crippen LogP contribution in [0.1, 0.15) is 95.4 Å². The molecule has 3 saturated carbocycles. The number of fused-ring (bicyclic) bond motifs is 4. The van der Waals surface area contributed by atoms with E-state index in [2.05, 4.69) is 25.4 Å². The maximum absolute atomic E-state index is 13.8. The van der Waals surface area contributed by atoms with E-state index in [0.29, 0.717) is 67.9 Å². The van der Waals surface area contributed by atoms with Crippen molar-refractivity contribution in [1.82, 2.24) is 28.9 Å². The van der Waals surface area contributed by atoms with Gasteiger partial charge in [0.05, 0.1) is 43.6 Å². The number of carboxylic acid groups (broad SMARTS) is 2. The molecule has 2 amide bonds. The number of halogens is 2. The Kier molecular flexibility index (Phi) is 9.92.